The molecule has 0 atom stereocenters. The molecular weight excluding hydrogens is 397 g/mol. The molecule has 1 aromatic carbocycles. The maximum atomic E-state index is 14.3. The number of aliphatic hydroxyl groups is 1. The highest BCUT2D eigenvalue weighted by Crippen LogP contribution is 2.22. The largest absolute Gasteiger partial charge is 0.404 e. The van der Waals surface area contributed by atoms with E-state index in [0.717, 1.165) is 24.8 Å². The van der Waals surface area contributed by atoms with Gasteiger partial charge in [-0.3, -0.25) is 14.7 Å². The summed E-state index contributed by atoms with van der Waals surface area (Å²) < 4.78 is 14.3. The number of benzene rings is 1. The number of amides is 1. The minimum Gasteiger partial charge on any atom is -0.404 e. The van der Waals surface area contributed by atoms with E-state index in [4.69, 9.17) is 10.8 Å². The average Bonchev–Trinajstić information content (AvgIpc) is 2.77. The number of aromatic nitrogens is 1. The minimum absolute atomic E-state index is 0.119. The molecule has 31 heavy (non-hydrogen) atoms. The van der Waals surface area contributed by atoms with E-state index in [0.29, 0.717) is 35.5 Å². The van der Waals surface area contributed by atoms with Crippen LogP contribution >= 0.6 is 0 Å². The van der Waals surface area contributed by atoms with E-state index in [1.165, 1.54) is 24.5 Å². The zero-order valence-electron chi connectivity index (χ0n) is 17.9. The maximum Gasteiger partial charge on any atom is 0.248 e. The lowest BCUT2D eigenvalue weighted by Crippen LogP contribution is -2.26. The van der Waals surface area contributed by atoms with Crippen molar-refractivity contribution < 1.29 is 14.3 Å². The van der Waals surface area contributed by atoms with E-state index in [-0.39, 0.29) is 12.5 Å². The second-order valence-corrected chi connectivity index (χ2v) is 6.92. The molecule has 0 fully saturated rings. The molecule has 0 bridgehead atoms. The first-order valence-corrected chi connectivity index (χ1v) is 10.1. The summed E-state index contributed by atoms with van der Waals surface area (Å²) in [5.41, 5.74) is 8.72. The van der Waals surface area contributed by atoms with Gasteiger partial charge in [-0.25, -0.2) is 4.39 Å². The van der Waals surface area contributed by atoms with Crippen LogP contribution in [0.15, 0.2) is 48.9 Å². The summed E-state index contributed by atoms with van der Waals surface area (Å²) in [5, 5.41) is 14.8. The van der Waals surface area contributed by atoms with Crippen LogP contribution < -0.4 is 16.4 Å². The topological polar surface area (TPSA) is 104 Å². The molecule has 8 heteroatoms. The van der Waals surface area contributed by atoms with Gasteiger partial charge in [0.1, 0.15) is 5.82 Å². The third-order valence-electron chi connectivity index (χ3n) is 4.72. The Kier molecular flexibility index (Phi) is 9.83. The summed E-state index contributed by atoms with van der Waals surface area (Å²) in [7, 11) is 1.74. The molecule has 0 saturated carbocycles. The van der Waals surface area contributed by atoms with Crippen LogP contribution in [0.2, 0.25) is 0 Å². The van der Waals surface area contributed by atoms with E-state index in [1.54, 1.807) is 7.05 Å². The van der Waals surface area contributed by atoms with Crippen molar-refractivity contribution in [1.29, 1.82) is 0 Å². The number of nitrogens with zero attached hydrogens (tertiary/aromatic N) is 2. The van der Waals surface area contributed by atoms with Crippen molar-refractivity contribution in [3.8, 4) is 0 Å². The van der Waals surface area contributed by atoms with Crippen LogP contribution in [0.3, 0.4) is 0 Å². The van der Waals surface area contributed by atoms with Crippen LogP contribution in [0, 0.1) is 5.82 Å². The summed E-state index contributed by atoms with van der Waals surface area (Å²) in [4.78, 5) is 18.3. The smallest absolute Gasteiger partial charge is 0.248 e. The van der Waals surface area contributed by atoms with Crippen LogP contribution in [-0.4, -0.2) is 54.2 Å². The molecular formula is C23H30FN5O2. The van der Waals surface area contributed by atoms with E-state index < -0.39 is 5.82 Å². The number of rotatable bonds is 11. The Labute approximate surface area is 182 Å². The number of carbonyl (C=O) groups excluding carboxylic acids is 1. The normalized spacial score (nSPS) is 12.0. The molecule has 7 nitrogen and oxygen atoms in total. The Bertz CT molecular complexity index is 913. The fraction of sp³-hybridized carbons (Fsp3) is 0.304. The predicted molar refractivity (Wildman–Crippen MR) is 122 cm³/mol. The van der Waals surface area contributed by atoms with Crippen LogP contribution in [0.4, 0.5) is 10.1 Å². The predicted octanol–water partition coefficient (Wildman–Crippen LogP) is 2.21. The van der Waals surface area contributed by atoms with E-state index in [2.05, 4.69) is 20.5 Å². The van der Waals surface area contributed by atoms with Gasteiger partial charge in [-0.05, 0) is 49.1 Å². The summed E-state index contributed by atoms with van der Waals surface area (Å²) in [6, 6.07) is 7.52. The number of hydrogen-bond acceptors (Lipinski definition) is 6. The molecule has 1 heterocycles. The third-order valence-corrected chi connectivity index (χ3v) is 4.72. The maximum absolute atomic E-state index is 14.3. The highest BCUT2D eigenvalue weighted by atomic mass is 19.1. The molecule has 2 aromatic rings. The van der Waals surface area contributed by atoms with Gasteiger partial charge in [-0.15, -0.1) is 0 Å². The monoisotopic (exact) mass is 427 g/mol. The molecule has 5 N–H and O–H groups in total. The van der Waals surface area contributed by atoms with Crippen molar-refractivity contribution in [2.24, 2.45) is 5.73 Å². The Balaban J connectivity index is 2.07. The first-order valence-electron chi connectivity index (χ1n) is 10.1. The number of anilines is 1. The number of carbonyl (C=O) groups is 1. The molecule has 1 amide bonds. The first kappa shape index (κ1) is 24.2. The molecule has 0 radical (unpaired) electrons. The first-order chi connectivity index (χ1) is 15.0. The van der Waals surface area contributed by atoms with Gasteiger partial charge in [-0.2, -0.15) is 0 Å². The number of aliphatic hydroxyl groups excluding tert-OH is 1. The van der Waals surface area contributed by atoms with E-state index in [1.807, 2.05) is 31.2 Å². The van der Waals surface area contributed by atoms with Gasteiger partial charge in [0.2, 0.25) is 5.91 Å². The number of nitrogens with two attached hydrogens (primary N) is 1. The highest BCUT2D eigenvalue weighted by molar-refractivity contribution is 6.02. The van der Waals surface area contributed by atoms with Gasteiger partial charge in [-0.1, -0.05) is 19.1 Å². The lowest BCUT2D eigenvalue weighted by atomic mass is 10.0. The summed E-state index contributed by atoms with van der Waals surface area (Å²) in [6.45, 7) is 4.73. The Hall–Kier alpha value is -3.07. The van der Waals surface area contributed by atoms with Crippen molar-refractivity contribution in [3.63, 3.8) is 0 Å². The van der Waals surface area contributed by atoms with E-state index in [9.17, 15) is 9.18 Å². The summed E-state index contributed by atoms with van der Waals surface area (Å²) >= 11 is 0. The van der Waals surface area contributed by atoms with Gasteiger partial charge < -0.3 is 21.5 Å². The molecule has 0 unspecified atom stereocenters. The zero-order valence-corrected chi connectivity index (χ0v) is 17.9. The van der Waals surface area contributed by atoms with Crippen molar-refractivity contribution in [2.75, 3.05) is 38.6 Å². The summed E-state index contributed by atoms with van der Waals surface area (Å²) in [5.74, 6) is -0.849. The van der Waals surface area contributed by atoms with Gasteiger partial charge in [0.25, 0.3) is 0 Å². The van der Waals surface area contributed by atoms with Gasteiger partial charge in [0.15, 0.2) is 0 Å². The second kappa shape index (κ2) is 12.6. The molecule has 166 valence electrons. The lowest BCUT2D eigenvalue weighted by Gasteiger charge is -2.19. The number of halogens is 1. The Morgan fingerprint density at radius 1 is 1.29 bits per heavy atom. The van der Waals surface area contributed by atoms with Gasteiger partial charge >= 0.3 is 0 Å². The van der Waals surface area contributed by atoms with E-state index >= 15 is 0 Å². The number of likely N-dealkylation sites (N-methyl/N-ethyl adjacent to an activating group) is 2. The molecule has 2 rings (SSSR count). The molecule has 0 spiro atoms. The minimum atomic E-state index is -0.507. The average molecular weight is 428 g/mol. The fourth-order valence-corrected chi connectivity index (χ4v) is 3.13. The molecule has 0 saturated heterocycles. The third kappa shape index (κ3) is 7.29. The van der Waals surface area contributed by atoms with Crippen molar-refractivity contribution in [3.05, 3.63) is 71.4 Å². The molecule has 0 aliphatic rings. The molecule has 0 aliphatic carbocycles. The number of pyridine rings is 1. The zero-order chi connectivity index (χ0) is 22.6. The summed E-state index contributed by atoms with van der Waals surface area (Å²) in [6.07, 6.45) is 6.80. The van der Waals surface area contributed by atoms with Crippen molar-refractivity contribution in [1.82, 2.24) is 15.2 Å². The lowest BCUT2D eigenvalue weighted by molar-refractivity contribution is -0.111. The fourth-order valence-electron chi connectivity index (χ4n) is 3.13. The second-order valence-electron chi connectivity index (χ2n) is 6.92. The molecule has 1 aromatic heterocycles. The Morgan fingerprint density at radius 3 is 2.65 bits per heavy atom. The van der Waals surface area contributed by atoms with Crippen molar-refractivity contribution >= 4 is 23.2 Å². The number of nitrogens with one attached hydrogen (secondary N) is 2. The van der Waals surface area contributed by atoms with Gasteiger partial charge in [0, 0.05) is 48.7 Å². The standard InChI is InChI=1S/C23H30FN5O2/c1-3-29(10-11-30)16-17-4-7-20(8-5-17)28-22(31)9-6-18-14-27-15-21(24)23(18)19(12-25)13-26-2/h4-9,12,14-15,26,30H,3,10-11,13,16,25H2,1-2H3,(H,28,31)/b9-6+,19-12+. The van der Waals surface area contributed by atoms with Gasteiger partial charge in [0.05, 0.1) is 12.8 Å². The van der Waals surface area contributed by atoms with Crippen LogP contribution in [0.1, 0.15) is 23.6 Å². The quantitative estimate of drug-likeness (QED) is 0.410. The highest BCUT2D eigenvalue weighted by Gasteiger charge is 2.12. The van der Waals surface area contributed by atoms with Crippen LogP contribution in [0.5, 0.6) is 0 Å². The number of hydrogen-bond donors (Lipinski definition) is 4. The SMILES string of the molecule is CCN(CCO)Cc1ccc(NC(=O)/C=C/c2cncc(F)c2/C(=C/N)CNC)cc1. The molecule has 0 aliphatic heterocycles. The van der Waals surface area contributed by atoms with Crippen LogP contribution in [-0.2, 0) is 11.3 Å². The Morgan fingerprint density at radius 2 is 2.03 bits per heavy atom. The van der Waals surface area contributed by atoms with Crippen LogP contribution in [0.25, 0.3) is 11.6 Å². The van der Waals surface area contributed by atoms with Crippen molar-refractivity contribution in [2.45, 2.75) is 13.5 Å².